The fourth-order valence-corrected chi connectivity index (χ4v) is 1.23. The van der Waals surface area contributed by atoms with Gasteiger partial charge in [0.15, 0.2) is 0 Å². The van der Waals surface area contributed by atoms with Crippen LogP contribution in [0.15, 0.2) is 30.3 Å². The van der Waals surface area contributed by atoms with Gasteiger partial charge in [-0.1, -0.05) is 30.3 Å². The highest BCUT2D eigenvalue weighted by molar-refractivity contribution is 5.75. The summed E-state index contributed by atoms with van der Waals surface area (Å²) in [5, 5.41) is 2.58. The molecule has 3 nitrogen and oxygen atoms in total. The molecule has 0 saturated carbocycles. The van der Waals surface area contributed by atoms with Crippen LogP contribution in [0.1, 0.15) is 18.9 Å². The molecule has 0 aliphatic heterocycles. The maximum atomic E-state index is 11.0. The lowest BCUT2D eigenvalue weighted by Crippen LogP contribution is -2.23. The summed E-state index contributed by atoms with van der Waals surface area (Å²) in [4.78, 5) is 11.0. The van der Waals surface area contributed by atoms with E-state index in [1.807, 2.05) is 37.3 Å². The standard InChI is InChI=1S/C12H17NO2/c1-10(8-12(14)13-2)15-9-11-6-4-3-5-7-11/h3-7,10H,8-9H2,1-2H3,(H,13,14). The zero-order chi connectivity index (χ0) is 11.1. The average Bonchev–Trinajstić information content (AvgIpc) is 2.27. The van der Waals surface area contributed by atoms with Crippen LogP contribution in [0.25, 0.3) is 0 Å². The summed E-state index contributed by atoms with van der Waals surface area (Å²) in [6.07, 6.45) is 0.355. The minimum absolute atomic E-state index is 0.00978. The topological polar surface area (TPSA) is 38.3 Å². The predicted octanol–water partition coefficient (Wildman–Crippen LogP) is 1.73. The molecule has 15 heavy (non-hydrogen) atoms. The molecule has 3 heteroatoms. The van der Waals surface area contributed by atoms with Gasteiger partial charge in [0.1, 0.15) is 0 Å². The van der Waals surface area contributed by atoms with Crippen molar-refractivity contribution in [2.24, 2.45) is 0 Å². The van der Waals surface area contributed by atoms with E-state index in [2.05, 4.69) is 5.32 Å². The van der Waals surface area contributed by atoms with Crippen LogP contribution in [-0.4, -0.2) is 19.1 Å². The van der Waals surface area contributed by atoms with E-state index in [0.29, 0.717) is 13.0 Å². The van der Waals surface area contributed by atoms with Crippen LogP contribution >= 0.6 is 0 Å². The van der Waals surface area contributed by atoms with Crippen LogP contribution in [0, 0.1) is 0 Å². The van der Waals surface area contributed by atoms with Gasteiger partial charge in [0, 0.05) is 7.05 Å². The molecule has 1 rings (SSSR count). The second kappa shape index (κ2) is 6.19. The Morgan fingerprint density at radius 3 is 2.67 bits per heavy atom. The summed E-state index contributed by atoms with van der Waals surface area (Å²) in [6, 6.07) is 9.93. The van der Waals surface area contributed by atoms with E-state index < -0.39 is 0 Å². The summed E-state index contributed by atoms with van der Waals surface area (Å²) < 4.78 is 5.54. The molecule has 0 aromatic heterocycles. The Morgan fingerprint density at radius 1 is 1.40 bits per heavy atom. The first-order valence-corrected chi connectivity index (χ1v) is 5.08. The lowest BCUT2D eigenvalue weighted by molar-refractivity contribution is -0.123. The summed E-state index contributed by atoms with van der Waals surface area (Å²) in [7, 11) is 1.63. The second-order valence-electron chi connectivity index (χ2n) is 3.48. The van der Waals surface area contributed by atoms with Crippen LogP contribution in [0.4, 0.5) is 0 Å². The SMILES string of the molecule is CNC(=O)CC(C)OCc1ccccc1. The first kappa shape index (κ1) is 11.7. The highest BCUT2D eigenvalue weighted by Gasteiger charge is 2.07. The number of carbonyl (C=O) groups is 1. The molecular formula is C12H17NO2. The first-order valence-electron chi connectivity index (χ1n) is 5.08. The highest BCUT2D eigenvalue weighted by Crippen LogP contribution is 2.05. The van der Waals surface area contributed by atoms with Gasteiger partial charge in [0.25, 0.3) is 0 Å². The number of nitrogens with one attached hydrogen (secondary N) is 1. The number of benzene rings is 1. The summed E-state index contributed by atoms with van der Waals surface area (Å²) in [5.74, 6) is 0.00978. The Hall–Kier alpha value is -1.35. The van der Waals surface area contributed by atoms with E-state index in [0.717, 1.165) is 5.56 Å². The predicted molar refractivity (Wildman–Crippen MR) is 59.4 cm³/mol. The number of amides is 1. The molecule has 0 spiro atoms. The fourth-order valence-electron chi connectivity index (χ4n) is 1.23. The molecule has 0 heterocycles. The van der Waals surface area contributed by atoms with Crippen LogP contribution in [0.3, 0.4) is 0 Å². The van der Waals surface area contributed by atoms with Crippen LogP contribution in [0.2, 0.25) is 0 Å². The average molecular weight is 207 g/mol. The normalized spacial score (nSPS) is 12.1. The molecule has 1 atom stereocenters. The number of rotatable bonds is 5. The molecule has 1 amide bonds. The Kier molecular flexibility index (Phi) is 4.84. The summed E-state index contributed by atoms with van der Waals surface area (Å²) >= 11 is 0. The summed E-state index contributed by atoms with van der Waals surface area (Å²) in [5.41, 5.74) is 1.13. The van der Waals surface area contributed by atoms with E-state index in [9.17, 15) is 4.79 Å². The van der Waals surface area contributed by atoms with Crippen molar-refractivity contribution in [1.82, 2.24) is 5.32 Å². The largest absolute Gasteiger partial charge is 0.373 e. The Balaban J connectivity index is 2.28. The third kappa shape index (κ3) is 4.61. The fraction of sp³-hybridized carbons (Fsp3) is 0.417. The lowest BCUT2D eigenvalue weighted by Gasteiger charge is -2.11. The monoisotopic (exact) mass is 207 g/mol. The first-order chi connectivity index (χ1) is 7.22. The van der Waals surface area contributed by atoms with Crippen LogP contribution in [0.5, 0.6) is 0 Å². The van der Waals surface area contributed by atoms with Gasteiger partial charge in [-0.15, -0.1) is 0 Å². The molecule has 0 fully saturated rings. The van der Waals surface area contributed by atoms with E-state index in [1.54, 1.807) is 7.05 Å². The van der Waals surface area contributed by atoms with Crippen molar-refractivity contribution in [2.75, 3.05) is 7.05 Å². The Morgan fingerprint density at radius 2 is 2.07 bits per heavy atom. The molecule has 0 saturated heterocycles. The minimum atomic E-state index is -0.0508. The molecule has 1 aromatic rings. The van der Waals surface area contributed by atoms with Gasteiger partial charge in [-0.2, -0.15) is 0 Å². The second-order valence-corrected chi connectivity index (χ2v) is 3.48. The smallest absolute Gasteiger partial charge is 0.222 e. The quantitative estimate of drug-likeness (QED) is 0.798. The van der Waals surface area contributed by atoms with Gasteiger partial charge in [-0.05, 0) is 12.5 Å². The maximum absolute atomic E-state index is 11.0. The van der Waals surface area contributed by atoms with Gasteiger partial charge < -0.3 is 10.1 Å². The molecule has 0 radical (unpaired) electrons. The van der Waals surface area contributed by atoms with Crippen molar-refractivity contribution in [1.29, 1.82) is 0 Å². The molecule has 0 bridgehead atoms. The zero-order valence-corrected chi connectivity index (χ0v) is 9.19. The molecule has 82 valence electrons. The van der Waals surface area contributed by atoms with Crippen LogP contribution in [-0.2, 0) is 16.1 Å². The zero-order valence-electron chi connectivity index (χ0n) is 9.19. The highest BCUT2D eigenvalue weighted by atomic mass is 16.5. The molecule has 1 N–H and O–H groups in total. The van der Waals surface area contributed by atoms with E-state index in [-0.39, 0.29) is 12.0 Å². The van der Waals surface area contributed by atoms with Crippen LogP contribution < -0.4 is 5.32 Å². The van der Waals surface area contributed by atoms with E-state index >= 15 is 0 Å². The minimum Gasteiger partial charge on any atom is -0.373 e. The van der Waals surface area contributed by atoms with Gasteiger partial charge >= 0.3 is 0 Å². The molecule has 0 aliphatic rings. The number of hydrogen-bond acceptors (Lipinski definition) is 2. The van der Waals surface area contributed by atoms with Gasteiger partial charge in [0.05, 0.1) is 19.1 Å². The van der Waals surface area contributed by atoms with Crippen molar-refractivity contribution >= 4 is 5.91 Å². The third-order valence-corrected chi connectivity index (χ3v) is 2.13. The van der Waals surface area contributed by atoms with Crippen molar-refractivity contribution in [2.45, 2.75) is 26.1 Å². The number of carbonyl (C=O) groups excluding carboxylic acids is 1. The van der Waals surface area contributed by atoms with E-state index in [4.69, 9.17) is 4.74 Å². The van der Waals surface area contributed by atoms with Gasteiger partial charge in [-0.3, -0.25) is 4.79 Å². The van der Waals surface area contributed by atoms with Crippen molar-refractivity contribution < 1.29 is 9.53 Å². The number of ether oxygens (including phenoxy) is 1. The van der Waals surface area contributed by atoms with Crippen molar-refractivity contribution in [3.05, 3.63) is 35.9 Å². The third-order valence-electron chi connectivity index (χ3n) is 2.13. The van der Waals surface area contributed by atoms with Crippen molar-refractivity contribution in [3.8, 4) is 0 Å². The summed E-state index contributed by atoms with van der Waals surface area (Å²) in [6.45, 7) is 2.46. The van der Waals surface area contributed by atoms with Crippen molar-refractivity contribution in [3.63, 3.8) is 0 Å². The number of hydrogen-bond donors (Lipinski definition) is 1. The molecule has 0 aliphatic carbocycles. The van der Waals surface area contributed by atoms with Gasteiger partial charge in [-0.25, -0.2) is 0 Å². The Bertz CT molecular complexity index is 298. The lowest BCUT2D eigenvalue weighted by atomic mass is 10.2. The maximum Gasteiger partial charge on any atom is 0.222 e. The van der Waals surface area contributed by atoms with E-state index in [1.165, 1.54) is 0 Å². The molecule has 1 unspecified atom stereocenters. The molecule has 1 aromatic carbocycles. The molecular weight excluding hydrogens is 190 g/mol. The Labute approximate surface area is 90.4 Å². The van der Waals surface area contributed by atoms with Gasteiger partial charge in [0.2, 0.25) is 5.91 Å².